The molecular weight excluding hydrogens is 216 g/mol. The standard InChI is InChI=1S/C12H16N4O/c1-3-9(2)17-11-6-4-5-10(7-11)16-14-8-12(13)15-16/h4-9H,3H2,1-2H3,(H2,13,15). The highest BCUT2D eigenvalue weighted by Gasteiger charge is 2.04. The lowest BCUT2D eigenvalue weighted by Gasteiger charge is -2.12. The van der Waals surface area contributed by atoms with E-state index in [4.69, 9.17) is 10.5 Å². The van der Waals surface area contributed by atoms with Gasteiger partial charge < -0.3 is 10.5 Å². The van der Waals surface area contributed by atoms with Crippen LogP contribution in [0.15, 0.2) is 30.5 Å². The molecule has 1 unspecified atom stereocenters. The zero-order chi connectivity index (χ0) is 12.3. The summed E-state index contributed by atoms with van der Waals surface area (Å²) in [6.45, 7) is 4.13. The van der Waals surface area contributed by atoms with Gasteiger partial charge >= 0.3 is 0 Å². The number of nitrogen functional groups attached to an aromatic ring is 1. The van der Waals surface area contributed by atoms with Crippen molar-refractivity contribution in [1.29, 1.82) is 0 Å². The summed E-state index contributed by atoms with van der Waals surface area (Å²) in [6.07, 6.45) is 2.68. The minimum absolute atomic E-state index is 0.195. The summed E-state index contributed by atoms with van der Waals surface area (Å²) >= 11 is 0. The van der Waals surface area contributed by atoms with E-state index < -0.39 is 0 Å². The molecule has 0 aliphatic heterocycles. The molecule has 0 amide bonds. The van der Waals surface area contributed by atoms with Crippen LogP contribution in [-0.4, -0.2) is 21.1 Å². The fraction of sp³-hybridized carbons (Fsp3) is 0.333. The molecule has 0 saturated heterocycles. The predicted molar refractivity (Wildman–Crippen MR) is 66.2 cm³/mol. The molecule has 5 nitrogen and oxygen atoms in total. The molecule has 2 aromatic rings. The fourth-order valence-electron chi connectivity index (χ4n) is 1.40. The van der Waals surface area contributed by atoms with Crippen LogP contribution in [0.5, 0.6) is 5.75 Å². The number of hydrogen-bond acceptors (Lipinski definition) is 4. The van der Waals surface area contributed by atoms with Crippen molar-refractivity contribution < 1.29 is 4.74 Å². The number of ether oxygens (including phenoxy) is 1. The lowest BCUT2D eigenvalue weighted by Crippen LogP contribution is -2.10. The molecular formula is C12H16N4O. The highest BCUT2D eigenvalue weighted by atomic mass is 16.5. The fourth-order valence-corrected chi connectivity index (χ4v) is 1.40. The maximum atomic E-state index is 5.73. The van der Waals surface area contributed by atoms with E-state index in [0.29, 0.717) is 5.82 Å². The Labute approximate surface area is 100 Å². The van der Waals surface area contributed by atoms with Crippen molar-refractivity contribution in [2.75, 3.05) is 5.73 Å². The van der Waals surface area contributed by atoms with Gasteiger partial charge in [0.2, 0.25) is 0 Å². The van der Waals surface area contributed by atoms with E-state index in [0.717, 1.165) is 17.9 Å². The van der Waals surface area contributed by atoms with Crippen molar-refractivity contribution in [3.63, 3.8) is 0 Å². The number of hydrogen-bond donors (Lipinski definition) is 1. The van der Waals surface area contributed by atoms with Crippen LogP contribution < -0.4 is 10.5 Å². The maximum absolute atomic E-state index is 5.73. The first-order valence-corrected chi connectivity index (χ1v) is 5.64. The molecule has 90 valence electrons. The van der Waals surface area contributed by atoms with Crippen LogP contribution in [0.2, 0.25) is 0 Å². The first-order chi connectivity index (χ1) is 8.19. The van der Waals surface area contributed by atoms with Crippen LogP contribution in [0.3, 0.4) is 0 Å². The molecule has 5 heteroatoms. The van der Waals surface area contributed by atoms with Gasteiger partial charge in [-0.05, 0) is 25.5 Å². The molecule has 0 radical (unpaired) electrons. The van der Waals surface area contributed by atoms with Crippen LogP contribution in [0, 0.1) is 0 Å². The van der Waals surface area contributed by atoms with Crippen molar-refractivity contribution in [2.24, 2.45) is 0 Å². The van der Waals surface area contributed by atoms with Crippen molar-refractivity contribution in [3.8, 4) is 11.4 Å². The molecule has 17 heavy (non-hydrogen) atoms. The van der Waals surface area contributed by atoms with Gasteiger partial charge in [-0.3, -0.25) is 0 Å². The Morgan fingerprint density at radius 2 is 2.29 bits per heavy atom. The lowest BCUT2D eigenvalue weighted by atomic mass is 10.3. The first kappa shape index (κ1) is 11.4. The number of rotatable bonds is 4. The third kappa shape index (κ3) is 2.75. The monoisotopic (exact) mass is 232 g/mol. The van der Waals surface area contributed by atoms with Crippen molar-refractivity contribution in [1.82, 2.24) is 15.0 Å². The van der Waals surface area contributed by atoms with E-state index in [2.05, 4.69) is 17.1 Å². The summed E-state index contributed by atoms with van der Waals surface area (Å²) in [7, 11) is 0. The number of nitrogens with two attached hydrogens (primary N) is 1. The van der Waals surface area contributed by atoms with E-state index in [1.54, 1.807) is 0 Å². The number of benzene rings is 1. The molecule has 0 spiro atoms. The minimum Gasteiger partial charge on any atom is -0.491 e. The molecule has 2 rings (SSSR count). The third-order valence-electron chi connectivity index (χ3n) is 2.47. The second kappa shape index (κ2) is 4.86. The summed E-state index contributed by atoms with van der Waals surface area (Å²) in [4.78, 5) is 1.48. The van der Waals surface area contributed by atoms with E-state index in [-0.39, 0.29) is 6.10 Å². The Balaban J connectivity index is 2.22. The highest BCUT2D eigenvalue weighted by molar-refractivity contribution is 5.38. The normalized spacial score (nSPS) is 12.4. The average Bonchev–Trinajstić information content (AvgIpc) is 2.76. The van der Waals surface area contributed by atoms with Crippen molar-refractivity contribution in [3.05, 3.63) is 30.5 Å². The minimum atomic E-state index is 0.195. The summed E-state index contributed by atoms with van der Waals surface area (Å²) in [5.41, 5.74) is 6.37. The highest BCUT2D eigenvalue weighted by Crippen LogP contribution is 2.17. The first-order valence-electron chi connectivity index (χ1n) is 5.64. The van der Waals surface area contributed by atoms with Crippen molar-refractivity contribution in [2.45, 2.75) is 26.4 Å². The third-order valence-corrected chi connectivity index (χ3v) is 2.47. The molecule has 2 N–H and O–H groups in total. The molecule has 1 atom stereocenters. The topological polar surface area (TPSA) is 66.0 Å². The van der Waals surface area contributed by atoms with Gasteiger partial charge in [-0.1, -0.05) is 13.0 Å². The zero-order valence-corrected chi connectivity index (χ0v) is 10.00. The lowest BCUT2D eigenvalue weighted by molar-refractivity contribution is 0.217. The van der Waals surface area contributed by atoms with Crippen molar-refractivity contribution >= 4 is 5.82 Å². The van der Waals surface area contributed by atoms with Crippen LogP contribution in [0.1, 0.15) is 20.3 Å². The second-order valence-electron chi connectivity index (χ2n) is 3.89. The summed E-state index contributed by atoms with van der Waals surface area (Å²) in [5, 5.41) is 8.10. The molecule has 0 fully saturated rings. The molecule has 1 aromatic carbocycles. The van der Waals surface area contributed by atoms with Gasteiger partial charge in [0.05, 0.1) is 18.0 Å². The Bertz CT molecular complexity index is 495. The SMILES string of the molecule is CCC(C)Oc1cccc(-n2ncc(N)n2)c1. The molecule has 0 bridgehead atoms. The van der Waals surface area contributed by atoms with Gasteiger partial charge in [0.25, 0.3) is 0 Å². The number of aromatic nitrogens is 3. The Morgan fingerprint density at radius 1 is 1.47 bits per heavy atom. The zero-order valence-electron chi connectivity index (χ0n) is 10.00. The molecule has 0 aliphatic carbocycles. The Morgan fingerprint density at radius 3 is 2.94 bits per heavy atom. The van der Waals surface area contributed by atoms with Crippen LogP contribution in [-0.2, 0) is 0 Å². The van der Waals surface area contributed by atoms with Gasteiger partial charge in [0, 0.05) is 6.07 Å². The van der Waals surface area contributed by atoms with E-state index in [1.165, 1.54) is 11.0 Å². The number of anilines is 1. The average molecular weight is 232 g/mol. The largest absolute Gasteiger partial charge is 0.491 e. The molecule has 0 aliphatic rings. The van der Waals surface area contributed by atoms with Crippen LogP contribution in [0.25, 0.3) is 5.69 Å². The van der Waals surface area contributed by atoms with Gasteiger partial charge in [-0.25, -0.2) is 0 Å². The van der Waals surface area contributed by atoms with Gasteiger partial charge in [0.1, 0.15) is 5.75 Å². The number of nitrogens with zero attached hydrogens (tertiary/aromatic N) is 3. The summed E-state index contributed by atoms with van der Waals surface area (Å²) < 4.78 is 5.73. The van der Waals surface area contributed by atoms with Gasteiger partial charge in [-0.15, -0.1) is 9.90 Å². The van der Waals surface area contributed by atoms with Crippen LogP contribution >= 0.6 is 0 Å². The van der Waals surface area contributed by atoms with Gasteiger partial charge in [-0.2, -0.15) is 5.10 Å². The van der Waals surface area contributed by atoms with E-state index >= 15 is 0 Å². The Kier molecular flexibility index (Phi) is 3.27. The molecule has 1 heterocycles. The van der Waals surface area contributed by atoms with E-state index in [1.807, 2.05) is 31.2 Å². The summed E-state index contributed by atoms with van der Waals surface area (Å²) in [5.74, 6) is 1.21. The van der Waals surface area contributed by atoms with E-state index in [9.17, 15) is 0 Å². The smallest absolute Gasteiger partial charge is 0.166 e. The van der Waals surface area contributed by atoms with Gasteiger partial charge in [0.15, 0.2) is 5.82 Å². The quantitative estimate of drug-likeness (QED) is 0.875. The maximum Gasteiger partial charge on any atom is 0.166 e. The second-order valence-corrected chi connectivity index (χ2v) is 3.89. The van der Waals surface area contributed by atoms with Crippen LogP contribution in [0.4, 0.5) is 5.82 Å². The summed E-state index contributed by atoms with van der Waals surface area (Å²) in [6, 6.07) is 7.63. The Hall–Kier alpha value is -2.04. The predicted octanol–water partition coefficient (Wildman–Crippen LogP) is 2.03. The molecule has 1 aromatic heterocycles. The molecule has 0 saturated carbocycles.